The van der Waals surface area contributed by atoms with Crippen LogP contribution in [0, 0.1) is 0 Å². The predicted octanol–water partition coefficient (Wildman–Crippen LogP) is 4.61. The molecule has 2 aromatic rings. The number of nitrogens with zero attached hydrogens (tertiary/aromatic N) is 1. The zero-order valence-electron chi connectivity index (χ0n) is 20.9. The van der Waals surface area contributed by atoms with Crippen molar-refractivity contribution in [3.63, 3.8) is 0 Å². The molecule has 2 aromatic carbocycles. The second kappa shape index (κ2) is 10.6. The minimum absolute atomic E-state index is 0.0809. The maximum atomic E-state index is 13.1. The Morgan fingerprint density at radius 1 is 1.14 bits per heavy atom. The van der Waals surface area contributed by atoms with Gasteiger partial charge in [0, 0.05) is 31.5 Å². The number of aryl methyl sites for hydroxylation is 1. The van der Waals surface area contributed by atoms with Crippen LogP contribution < -0.4 is 14.8 Å². The van der Waals surface area contributed by atoms with Crippen LogP contribution in [0.3, 0.4) is 0 Å². The Kier molecular flexibility index (Phi) is 7.71. The molecule has 0 unspecified atom stereocenters. The molecule has 7 nitrogen and oxygen atoms in total. The van der Waals surface area contributed by atoms with Gasteiger partial charge in [-0.15, -0.1) is 0 Å². The van der Waals surface area contributed by atoms with Crippen molar-refractivity contribution in [2.45, 2.75) is 75.3 Å². The first-order chi connectivity index (χ1) is 16.8. The first-order valence-electron chi connectivity index (χ1n) is 12.6. The second-order valence-electron chi connectivity index (χ2n) is 9.44. The van der Waals surface area contributed by atoms with Crippen LogP contribution in [0.15, 0.2) is 47.4 Å². The van der Waals surface area contributed by atoms with Crippen LogP contribution in [-0.2, 0) is 21.2 Å². The van der Waals surface area contributed by atoms with Gasteiger partial charge in [-0.2, -0.15) is 4.31 Å². The standard InChI is InChI=1S/C27H36N2O5S/c1-4-27(5-2)19-23(22-10-6-7-11-25(22)34-27)28-26(30)15-12-20-18-21(13-14-24(20)33-3)35(31,32)29-16-8-9-17-29/h6-7,10-11,13-14,18,23H,4-5,8-9,12,15-17,19H2,1-3H3,(H,28,30)/t23-/m1/s1. The zero-order valence-corrected chi connectivity index (χ0v) is 21.7. The fraction of sp³-hybridized carbons (Fsp3) is 0.519. The number of carbonyl (C=O) groups excluding carboxylic acids is 1. The van der Waals surface area contributed by atoms with Crippen molar-refractivity contribution in [1.29, 1.82) is 0 Å². The third kappa shape index (κ3) is 5.33. The largest absolute Gasteiger partial charge is 0.496 e. The minimum Gasteiger partial charge on any atom is -0.496 e. The number of hydrogen-bond donors (Lipinski definition) is 1. The molecule has 4 rings (SSSR count). The number of ether oxygens (including phenoxy) is 2. The van der Waals surface area contributed by atoms with E-state index in [9.17, 15) is 13.2 Å². The van der Waals surface area contributed by atoms with E-state index in [4.69, 9.17) is 9.47 Å². The number of benzene rings is 2. The first kappa shape index (κ1) is 25.5. The van der Waals surface area contributed by atoms with Crippen molar-refractivity contribution in [1.82, 2.24) is 9.62 Å². The van der Waals surface area contributed by atoms with Crippen LogP contribution in [0.1, 0.15) is 69.5 Å². The van der Waals surface area contributed by atoms with E-state index in [2.05, 4.69) is 19.2 Å². The van der Waals surface area contributed by atoms with Gasteiger partial charge in [0.15, 0.2) is 0 Å². The van der Waals surface area contributed by atoms with Crippen LogP contribution in [0.25, 0.3) is 0 Å². The number of nitrogens with one attached hydrogen (secondary N) is 1. The topological polar surface area (TPSA) is 84.9 Å². The highest BCUT2D eigenvalue weighted by Gasteiger charge is 2.39. The molecule has 190 valence electrons. The quantitative estimate of drug-likeness (QED) is 0.544. The van der Waals surface area contributed by atoms with Gasteiger partial charge in [-0.05, 0) is 61.9 Å². The number of amides is 1. The number of hydrogen-bond acceptors (Lipinski definition) is 5. The lowest BCUT2D eigenvalue weighted by molar-refractivity contribution is -0.122. The molecule has 8 heteroatoms. The Hall–Kier alpha value is -2.58. The van der Waals surface area contributed by atoms with Gasteiger partial charge in [0.2, 0.25) is 15.9 Å². The molecular formula is C27H36N2O5S. The molecule has 0 aliphatic carbocycles. The van der Waals surface area contributed by atoms with Crippen molar-refractivity contribution in [3.8, 4) is 11.5 Å². The highest BCUT2D eigenvalue weighted by atomic mass is 32.2. The van der Waals surface area contributed by atoms with E-state index in [0.717, 1.165) is 43.4 Å². The molecule has 1 N–H and O–H groups in total. The van der Waals surface area contributed by atoms with Gasteiger partial charge in [-0.25, -0.2) is 8.42 Å². The molecule has 35 heavy (non-hydrogen) atoms. The van der Waals surface area contributed by atoms with Gasteiger partial charge in [-0.3, -0.25) is 4.79 Å². The van der Waals surface area contributed by atoms with E-state index in [0.29, 0.717) is 30.8 Å². The first-order valence-corrected chi connectivity index (χ1v) is 14.0. The smallest absolute Gasteiger partial charge is 0.243 e. The SMILES string of the molecule is CCC1(CC)C[C@@H](NC(=O)CCc2cc(S(=O)(=O)N3CCCC3)ccc2OC)c2ccccc2O1. The maximum absolute atomic E-state index is 13.1. The molecule has 2 heterocycles. The summed E-state index contributed by atoms with van der Waals surface area (Å²) in [6.45, 7) is 5.34. The molecule has 1 atom stereocenters. The number of para-hydroxylation sites is 1. The Labute approximate surface area is 208 Å². The van der Waals surface area contributed by atoms with E-state index in [-0.39, 0.29) is 28.9 Å². The van der Waals surface area contributed by atoms with Crippen molar-refractivity contribution in [3.05, 3.63) is 53.6 Å². The summed E-state index contributed by atoms with van der Waals surface area (Å²) in [5.41, 5.74) is 1.41. The molecule has 2 aliphatic heterocycles. The van der Waals surface area contributed by atoms with Crippen LogP contribution in [-0.4, -0.2) is 44.4 Å². The number of sulfonamides is 1. The summed E-state index contributed by atoms with van der Waals surface area (Å²) in [4.78, 5) is 13.3. The molecule has 1 saturated heterocycles. The van der Waals surface area contributed by atoms with Gasteiger partial charge in [0.1, 0.15) is 17.1 Å². The molecule has 0 radical (unpaired) electrons. The van der Waals surface area contributed by atoms with Crippen molar-refractivity contribution < 1.29 is 22.7 Å². The average Bonchev–Trinajstić information content (AvgIpc) is 3.43. The predicted molar refractivity (Wildman–Crippen MR) is 135 cm³/mol. The zero-order chi connectivity index (χ0) is 25.1. The summed E-state index contributed by atoms with van der Waals surface area (Å²) in [5, 5.41) is 3.21. The molecule has 2 aliphatic rings. The molecule has 0 aromatic heterocycles. The summed E-state index contributed by atoms with van der Waals surface area (Å²) < 4.78 is 39.4. The summed E-state index contributed by atoms with van der Waals surface area (Å²) in [7, 11) is -1.98. The summed E-state index contributed by atoms with van der Waals surface area (Å²) >= 11 is 0. The third-order valence-corrected chi connectivity index (χ3v) is 9.29. The van der Waals surface area contributed by atoms with Crippen molar-refractivity contribution in [2.75, 3.05) is 20.2 Å². The Morgan fingerprint density at radius 2 is 1.86 bits per heavy atom. The number of methoxy groups -OCH3 is 1. The van der Waals surface area contributed by atoms with Gasteiger partial charge in [0.05, 0.1) is 18.0 Å². The maximum Gasteiger partial charge on any atom is 0.243 e. The normalized spacial score (nSPS) is 19.6. The van der Waals surface area contributed by atoms with E-state index in [1.807, 2.05) is 24.3 Å². The number of fused-ring (bicyclic) bond motifs is 1. The molecular weight excluding hydrogens is 464 g/mol. The molecule has 1 fully saturated rings. The Balaban J connectivity index is 1.48. The van der Waals surface area contributed by atoms with Gasteiger partial charge in [-0.1, -0.05) is 32.0 Å². The minimum atomic E-state index is -3.54. The van der Waals surface area contributed by atoms with Gasteiger partial charge in [0.25, 0.3) is 0 Å². The second-order valence-corrected chi connectivity index (χ2v) is 11.4. The van der Waals surface area contributed by atoms with Crippen LogP contribution in [0.4, 0.5) is 0 Å². The lowest BCUT2D eigenvalue weighted by Crippen LogP contribution is -2.44. The fourth-order valence-electron chi connectivity index (χ4n) is 5.13. The summed E-state index contributed by atoms with van der Waals surface area (Å²) in [5.74, 6) is 1.34. The molecule has 0 bridgehead atoms. The Bertz CT molecular complexity index is 1150. The van der Waals surface area contributed by atoms with Gasteiger partial charge < -0.3 is 14.8 Å². The lowest BCUT2D eigenvalue weighted by atomic mass is 9.83. The number of carbonyl (C=O) groups is 1. The molecule has 0 saturated carbocycles. The van der Waals surface area contributed by atoms with Gasteiger partial charge >= 0.3 is 0 Å². The van der Waals surface area contributed by atoms with Crippen LogP contribution in [0.5, 0.6) is 11.5 Å². The highest BCUT2D eigenvalue weighted by Crippen LogP contribution is 2.42. The van der Waals surface area contributed by atoms with E-state index in [1.54, 1.807) is 25.3 Å². The molecule has 1 amide bonds. The van der Waals surface area contributed by atoms with Crippen LogP contribution in [0.2, 0.25) is 0 Å². The number of rotatable bonds is 9. The fourth-order valence-corrected chi connectivity index (χ4v) is 6.70. The van der Waals surface area contributed by atoms with Crippen molar-refractivity contribution >= 4 is 15.9 Å². The van der Waals surface area contributed by atoms with Crippen molar-refractivity contribution in [2.24, 2.45) is 0 Å². The van der Waals surface area contributed by atoms with Crippen LogP contribution >= 0.6 is 0 Å². The lowest BCUT2D eigenvalue weighted by Gasteiger charge is -2.41. The van der Waals surface area contributed by atoms with E-state index >= 15 is 0 Å². The monoisotopic (exact) mass is 500 g/mol. The highest BCUT2D eigenvalue weighted by molar-refractivity contribution is 7.89. The van der Waals surface area contributed by atoms with E-state index in [1.165, 1.54) is 4.31 Å². The Morgan fingerprint density at radius 3 is 2.54 bits per heavy atom. The summed E-state index contributed by atoms with van der Waals surface area (Å²) in [6.07, 6.45) is 4.82. The summed E-state index contributed by atoms with van der Waals surface area (Å²) in [6, 6.07) is 12.7. The molecule has 0 spiro atoms. The average molecular weight is 501 g/mol. The third-order valence-electron chi connectivity index (χ3n) is 7.40. The van der Waals surface area contributed by atoms with E-state index < -0.39 is 10.0 Å².